The van der Waals surface area contributed by atoms with Crippen LogP contribution in [0.1, 0.15) is 16.7 Å². The molecule has 0 aromatic heterocycles. The molecule has 0 radical (unpaired) electrons. The van der Waals surface area contributed by atoms with Gasteiger partial charge >= 0.3 is 0 Å². The van der Waals surface area contributed by atoms with E-state index in [4.69, 9.17) is 4.99 Å². The first kappa shape index (κ1) is 15.9. The Morgan fingerprint density at radius 1 is 0.741 bits per heavy atom. The van der Waals surface area contributed by atoms with E-state index in [1.807, 2.05) is 6.07 Å². The smallest absolute Gasteiger partial charge is 0.149 e. The standard InChI is InChI=1S/C24H21N3/c1-3-9-19(10-4-1)15-26-16-21-13-7-8-14-23(21)27-17-22(25-24(27)18-26)20-11-5-2-6-12-20/h1-14,18H,15-17H2. The minimum absolute atomic E-state index is 0.812. The van der Waals surface area contributed by atoms with Gasteiger partial charge in [0.05, 0.1) is 12.3 Å². The van der Waals surface area contributed by atoms with Crippen LogP contribution in [0.4, 0.5) is 5.69 Å². The zero-order valence-electron chi connectivity index (χ0n) is 15.1. The van der Waals surface area contributed by atoms with Gasteiger partial charge in [-0.1, -0.05) is 78.9 Å². The number of benzene rings is 3. The average molecular weight is 351 g/mol. The number of rotatable bonds is 3. The molecule has 0 fully saturated rings. The zero-order valence-corrected chi connectivity index (χ0v) is 15.1. The van der Waals surface area contributed by atoms with E-state index in [1.54, 1.807) is 0 Å². The summed E-state index contributed by atoms with van der Waals surface area (Å²) in [4.78, 5) is 9.69. The summed E-state index contributed by atoms with van der Waals surface area (Å²) in [5.41, 5.74) is 6.22. The largest absolute Gasteiger partial charge is 0.366 e. The molecule has 0 atom stereocenters. The summed E-state index contributed by atoms with van der Waals surface area (Å²) in [6, 6.07) is 29.8. The minimum atomic E-state index is 0.812. The van der Waals surface area contributed by atoms with Crippen LogP contribution in [0.15, 0.2) is 102 Å². The quantitative estimate of drug-likeness (QED) is 0.674. The molecule has 0 saturated carbocycles. The third kappa shape index (κ3) is 3.13. The third-order valence-electron chi connectivity index (χ3n) is 5.12. The molecule has 0 saturated heterocycles. The summed E-state index contributed by atoms with van der Waals surface area (Å²) in [6.45, 7) is 2.58. The first-order valence-electron chi connectivity index (χ1n) is 9.35. The maximum Gasteiger partial charge on any atom is 0.149 e. The Kier molecular flexibility index (Phi) is 3.98. The van der Waals surface area contributed by atoms with E-state index < -0.39 is 0 Å². The number of hydrogen-bond donors (Lipinski definition) is 0. The van der Waals surface area contributed by atoms with Crippen molar-refractivity contribution in [3.8, 4) is 0 Å². The Labute approximate surface area is 159 Å². The molecular formula is C24H21N3. The summed E-state index contributed by atoms with van der Waals surface area (Å²) >= 11 is 0. The Morgan fingerprint density at radius 3 is 2.26 bits per heavy atom. The predicted molar refractivity (Wildman–Crippen MR) is 111 cm³/mol. The summed E-state index contributed by atoms with van der Waals surface area (Å²) in [6.07, 6.45) is 2.21. The number of fused-ring (bicyclic) bond motifs is 3. The van der Waals surface area contributed by atoms with E-state index in [-0.39, 0.29) is 0 Å². The van der Waals surface area contributed by atoms with Crippen LogP contribution in [-0.2, 0) is 13.1 Å². The number of hydrogen-bond acceptors (Lipinski definition) is 3. The normalized spacial score (nSPS) is 15.6. The maximum absolute atomic E-state index is 4.99. The lowest BCUT2D eigenvalue weighted by atomic mass is 10.1. The molecule has 3 nitrogen and oxygen atoms in total. The van der Waals surface area contributed by atoms with Crippen LogP contribution < -0.4 is 4.90 Å². The van der Waals surface area contributed by atoms with Crippen LogP contribution in [0.2, 0.25) is 0 Å². The van der Waals surface area contributed by atoms with Crippen molar-refractivity contribution in [3.63, 3.8) is 0 Å². The third-order valence-corrected chi connectivity index (χ3v) is 5.12. The van der Waals surface area contributed by atoms with Crippen LogP contribution in [0.5, 0.6) is 0 Å². The first-order valence-corrected chi connectivity index (χ1v) is 9.35. The molecule has 132 valence electrons. The molecule has 2 aliphatic rings. The van der Waals surface area contributed by atoms with Gasteiger partial charge in [0.25, 0.3) is 0 Å². The van der Waals surface area contributed by atoms with Gasteiger partial charge in [-0.3, -0.25) is 0 Å². The lowest BCUT2D eigenvalue weighted by molar-refractivity contribution is 0.362. The lowest BCUT2D eigenvalue weighted by Gasteiger charge is -2.20. The molecule has 0 unspecified atom stereocenters. The molecule has 5 rings (SSSR count). The summed E-state index contributed by atoms with van der Waals surface area (Å²) in [5, 5.41) is 0. The van der Waals surface area contributed by atoms with Gasteiger partial charge in [-0.25, -0.2) is 4.99 Å². The fourth-order valence-corrected chi connectivity index (χ4v) is 3.81. The van der Waals surface area contributed by atoms with E-state index >= 15 is 0 Å². The van der Waals surface area contributed by atoms with Crippen molar-refractivity contribution in [1.29, 1.82) is 0 Å². The van der Waals surface area contributed by atoms with Crippen molar-refractivity contribution in [1.82, 2.24) is 4.90 Å². The molecule has 0 N–H and O–H groups in total. The Morgan fingerprint density at radius 2 is 1.44 bits per heavy atom. The monoisotopic (exact) mass is 351 g/mol. The van der Waals surface area contributed by atoms with E-state index in [2.05, 4.69) is 94.9 Å². The average Bonchev–Trinajstić information content (AvgIpc) is 3.07. The molecule has 3 heteroatoms. The molecule has 0 bridgehead atoms. The Hall–Kier alpha value is -3.33. The molecule has 0 spiro atoms. The van der Waals surface area contributed by atoms with Gasteiger partial charge in [-0.2, -0.15) is 0 Å². The molecule has 3 aromatic carbocycles. The number of para-hydroxylation sites is 1. The van der Waals surface area contributed by atoms with Gasteiger partial charge in [0.1, 0.15) is 5.82 Å². The molecule has 2 heterocycles. The van der Waals surface area contributed by atoms with Gasteiger partial charge in [0.2, 0.25) is 0 Å². The Balaban J connectivity index is 1.54. The molecule has 2 aliphatic heterocycles. The van der Waals surface area contributed by atoms with Crippen molar-refractivity contribution < 1.29 is 0 Å². The highest BCUT2D eigenvalue weighted by Gasteiger charge is 2.27. The lowest BCUT2D eigenvalue weighted by Crippen LogP contribution is -2.22. The van der Waals surface area contributed by atoms with Crippen molar-refractivity contribution >= 4 is 11.4 Å². The van der Waals surface area contributed by atoms with Crippen LogP contribution >= 0.6 is 0 Å². The van der Waals surface area contributed by atoms with Gasteiger partial charge in [-0.15, -0.1) is 0 Å². The SMILES string of the molecule is C1=C2N=C(c3ccccc3)CN2c2ccccc2CN1Cc1ccccc1. The molecule has 0 aliphatic carbocycles. The van der Waals surface area contributed by atoms with Crippen LogP contribution in [0.3, 0.4) is 0 Å². The first-order chi connectivity index (χ1) is 13.4. The summed E-state index contributed by atoms with van der Waals surface area (Å²) in [5.74, 6) is 1.02. The topological polar surface area (TPSA) is 18.8 Å². The van der Waals surface area contributed by atoms with E-state index in [1.165, 1.54) is 22.4 Å². The number of anilines is 1. The zero-order chi connectivity index (χ0) is 18.1. The van der Waals surface area contributed by atoms with Crippen LogP contribution in [-0.4, -0.2) is 17.2 Å². The highest BCUT2D eigenvalue weighted by molar-refractivity contribution is 6.06. The fourth-order valence-electron chi connectivity index (χ4n) is 3.81. The summed E-state index contributed by atoms with van der Waals surface area (Å²) in [7, 11) is 0. The highest BCUT2D eigenvalue weighted by atomic mass is 15.3. The van der Waals surface area contributed by atoms with E-state index in [0.717, 1.165) is 31.2 Å². The molecule has 3 aromatic rings. The number of nitrogens with zero attached hydrogens (tertiary/aromatic N) is 3. The van der Waals surface area contributed by atoms with Crippen molar-refractivity contribution in [2.45, 2.75) is 13.1 Å². The second kappa shape index (κ2) is 6.76. The maximum atomic E-state index is 4.99. The molecule has 27 heavy (non-hydrogen) atoms. The molecule has 0 amide bonds. The van der Waals surface area contributed by atoms with Crippen molar-refractivity contribution in [2.75, 3.05) is 11.4 Å². The van der Waals surface area contributed by atoms with Crippen LogP contribution in [0.25, 0.3) is 0 Å². The van der Waals surface area contributed by atoms with Gasteiger partial charge in [0.15, 0.2) is 0 Å². The van der Waals surface area contributed by atoms with Gasteiger partial charge in [-0.05, 0) is 22.8 Å². The van der Waals surface area contributed by atoms with Crippen molar-refractivity contribution in [2.24, 2.45) is 4.99 Å². The van der Waals surface area contributed by atoms with E-state index in [0.29, 0.717) is 0 Å². The second-order valence-electron chi connectivity index (χ2n) is 7.02. The number of aliphatic imine (C=N–C) groups is 1. The van der Waals surface area contributed by atoms with Crippen molar-refractivity contribution in [3.05, 3.63) is 114 Å². The predicted octanol–water partition coefficient (Wildman–Crippen LogP) is 4.81. The van der Waals surface area contributed by atoms with E-state index in [9.17, 15) is 0 Å². The highest BCUT2D eigenvalue weighted by Crippen LogP contribution is 2.33. The molecular weight excluding hydrogens is 330 g/mol. The van der Waals surface area contributed by atoms with Gasteiger partial charge < -0.3 is 9.80 Å². The Bertz CT molecular complexity index is 1010. The summed E-state index contributed by atoms with van der Waals surface area (Å²) < 4.78 is 0. The fraction of sp³-hybridized carbons (Fsp3) is 0.125. The van der Waals surface area contributed by atoms with Gasteiger partial charge in [0, 0.05) is 25.0 Å². The minimum Gasteiger partial charge on any atom is -0.366 e. The van der Waals surface area contributed by atoms with Crippen LogP contribution in [0, 0.1) is 0 Å². The second-order valence-corrected chi connectivity index (χ2v) is 7.02.